The SMILES string of the molecule is COc1c(Cl)ccc(Cl)c1C(=O)O.Cc1cc(Cl)ccc1OCC(=O)O.Cc1cc(Cl)ccc1O[C@H](C)C(=O)O.NCCOCCO.NCCOCCO.NCCOCCO. The molecule has 3 aromatic carbocycles. The number of aliphatic hydroxyl groups excluding tert-OH is 3. The Labute approximate surface area is 375 Å². The number of aliphatic carboxylic acids is 2. The quantitative estimate of drug-likeness (QED) is 0.0718. The molecule has 0 unspecified atom stereocenters. The molecule has 0 radical (unpaired) electrons. The van der Waals surface area contributed by atoms with E-state index in [0.29, 0.717) is 80.8 Å². The topological polar surface area (TPSA) is 306 Å². The van der Waals surface area contributed by atoms with E-state index in [2.05, 4.69) is 0 Å². The smallest absolute Gasteiger partial charge is 0.344 e. The van der Waals surface area contributed by atoms with E-state index >= 15 is 0 Å². The third-order valence-corrected chi connectivity index (χ3v) is 7.33. The highest BCUT2D eigenvalue weighted by Gasteiger charge is 2.18. The first kappa shape index (κ1) is 61.6. The van der Waals surface area contributed by atoms with Crippen LogP contribution in [0, 0.1) is 13.8 Å². The number of hydrogen-bond donors (Lipinski definition) is 9. The van der Waals surface area contributed by atoms with Gasteiger partial charge in [0.25, 0.3) is 0 Å². The van der Waals surface area contributed by atoms with Gasteiger partial charge in [0.2, 0.25) is 0 Å². The molecule has 1 atom stereocenters. The first-order valence-corrected chi connectivity index (χ1v) is 19.6. The molecule has 0 aromatic heterocycles. The lowest BCUT2D eigenvalue weighted by atomic mass is 10.2. The Morgan fingerprint density at radius 1 is 0.639 bits per heavy atom. The van der Waals surface area contributed by atoms with Crippen molar-refractivity contribution in [2.45, 2.75) is 26.9 Å². The van der Waals surface area contributed by atoms with Crippen molar-refractivity contribution in [3.8, 4) is 17.2 Å². The first-order chi connectivity index (χ1) is 28.9. The van der Waals surface area contributed by atoms with Crippen molar-refractivity contribution in [2.24, 2.45) is 17.2 Å². The summed E-state index contributed by atoms with van der Waals surface area (Å²) in [5, 5.41) is 51.7. The standard InChI is InChI=1S/C10H11ClO3.C9H9ClO3.C8H6Cl2O3.3C4H11NO2/c1-6-5-8(11)3-4-9(6)14-7(2)10(12)13;1-6-4-7(10)2-3-8(6)13-5-9(11)12;1-13-7-5(10)3-2-4(9)6(7)8(11)12;3*5-1-3-7-4-2-6/h3-5,7H,1-2H3,(H,12,13);2-4H,5H2,1H3,(H,11,12);2-3H,1H3,(H,11,12);3*6H,1-5H2/t7-;;;;;/m1...../s1. The van der Waals surface area contributed by atoms with Crippen molar-refractivity contribution >= 4 is 64.3 Å². The van der Waals surface area contributed by atoms with E-state index in [0.717, 1.165) is 11.1 Å². The predicted molar refractivity (Wildman–Crippen MR) is 234 cm³/mol. The number of hydrogen-bond acceptors (Lipinski definition) is 15. The predicted octanol–water partition coefficient (Wildman–Crippen LogP) is 4.17. The number of carboxylic acids is 3. The minimum absolute atomic E-state index is 0.0833. The van der Waals surface area contributed by atoms with Gasteiger partial charge < -0.3 is 76.3 Å². The number of carbonyl (C=O) groups is 3. The lowest BCUT2D eigenvalue weighted by molar-refractivity contribution is -0.144. The number of ether oxygens (including phenoxy) is 6. The van der Waals surface area contributed by atoms with E-state index in [4.69, 9.17) is 123 Å². The number of nitrogens with two attached hydrogens (primary N) is 3. The molecule has 0 saturated heterocycles. The van der Waals surface area contributed by atoms with Crippen molar-refractivity contribution in [1.82, 2.24) is 0 Å². The molecular formula is C39H59Cl4N3O15. The summed E-state index contributed by atoms with van der Waals surface area (Å²) < 4.78 is 29.3. The number of aromatic carboxylic acids is 1. The van der Waals surface area contributed by atoms with Crippen LogP contribution in [0.1, 0.15) is 28.4 Å². The summed E-state index contributed by atoms with van der Waals surface area (Å²) in [5.74, 6) is -1.96. The first-order valence-electron chi connectivity index (χ1n) is 18.1. The third kappa shape index (κ3) is 33.6. The molecule has 0 amide bonds. The lowest BCUT2D eigenvalue weighted by Crippen LogP contribution is -2.23. The van der Waals surface area contributed by atoms with Gasteiger partial charge in [-0.25, -0.2) is 14.4 Å². The van der Waals surface area contributed by atoms with Crippen molar-refractivity contribution in [3.63, 3.8) is 0 Å². The van der Waals surface area contributed by atoms with E-state index in [1.54, 1.807) is 36.4 Å². The Kier molecular flexibility index (Phi) is 40.7. The Balaban J connectivity index is -0.000000680. The zero-order valence-electron chi connectivity index (χ0n) is 34.5. The van der Waals surface area contributed by atoms with Gasteiger partial charge in [-0.3, -0.25) is 0 Å². The fraction of sp³-hybridized carbons (Fsp3) is 0.462. The number of aryl methyl sites for hydroxylation is 2. The van der Waals surface area contributed by atoms with Crippen LogP contribution in [-0.2, 0) is 23.8 Å². The largest absolute Gasteiger partial charge is 0.494 e. The van der Waals surface area contributed by atoms with E-state index < -0.39 is 24.0 Å². The van der Waals surface area contributed by atoms with Crippen LogP contribution in [0.2, 0.25) is 20.1 Å². The number of halogens is 4. The summed E-state index contributed by atoms with van der Waals surface area (Å²) in [4.78, 5) is 31.5. The maximum atomic E-state index is 10.7. The summed E-state index contributed by atoms with van der Waals surface area (Å²) in [6.45, 7) is 9.44. The molecule has 12 N–H and O–H groups in total. The Bertz CT molecular complexity index is 1590. The molecule has 18 nitrogen and oxygen atoms in total. The van der Waals surface area contributed by atoms with E-state index in [9.17, 15) is 14.4 Å². The van der Waals surface area contributed by atoms with Gasteiger partial charge in [-0.15, -0.1) is 0 Å². The highest BCUT2D eigenvalue weighted by Crippen LogP contribution is 2.33. The van der Waals surface area contributed by atoms with E-state index in [-0.39, 0.29) is 47.8 Å². The summed E-state index contributed by atoms with van der Waals surface area (Å²) in [6, 6.07) is 13.0. The average molecular weight is 952 g/mol. The zero-order valence-corrected chi connectivity index (χ0v) is 37.5. The fourth-order valence-corrected chi connectivity index (χ4v) is 4.50. The molecule has 0 aliphatic rings. The van der Waals surface area contributed by atoms with Crippen LogP contribution in [0.3, 0.4) is 0 Å². The highest BCUT2D eigenvalue weighted by atomic mass is 35.5. The Hall–Kier alpha value is -3.73. The second-order valence-corrected chi connectivity index (χ2v) is 12.9. The van der Waals surface area contributed by atoms with Gasteiger partial charge in [-0.1, -0.05) is 46.4 Å². The molecule has 0 aliphatic heterocycles. The molecule has 0 saturated carbocycles. The zero-order chi connectivity index (χ0) is 47.2. The molecule has 0 spiro atoms. The van der Waals surface area contributed by atoms with Crippen LogP contribution in [0.15, 0.2) is 48.5 Å². The van der Waals surface area contributed by atoms with Crippen LogP contribution in [-0.4, -0.2) is 147 Å². The van der Waals surface area contributed by atoms with Gasteiger partial charge in [0, 0.05) is 29.7 Å². The molecule has 0 fully saturated rings. The van der Waals surface area contributed by atoms with Crippen LogP contribution >= 0.6 is 46.4 Å². The summed E-state index contributed by atoms with van der Waals surface area (Å²) in [6.07, 6.45) is -0.852. The molecule has 0 bridgehead atoms. The minimum Gasteiger partial charge on any atom is -0.494 e. The second-order valence-electron chi connectivity index (χ2n) is 11.2. The summed E-state index contributed by atoms with van der Waals surface area (Å²) in [7, 11) is 1.34. The third-order valence-electron chi connectivity index (χ3n) is 6.25. The molecule has 0 aliphatic carbocycles. The van der Waals surface area contributed by atoms with Crippen molar-refractivity contribution in [3.05, 3.63) is 85.3 Å². The van der Waals surface area contributed by atoms with Crippen molar-refractivity contribution in [1.29, 1.82) is 0 Å². The molecule has 348 valence electrons. The monoisotopic (exact) mass is 949 g/mol. The Morgan fingerprint density at radius 2 is 1.05 bits per heavy atom. The molecule has 3 rings (SSSR count). The normalized spacial score (nSPS) is 10.2. The summed E-state index contributed by atoms with van der Waals surface area (Å²) in [5.41, 5.74) is 16.7. The number of carboxylic acid groups (broad SMARTS) is 3. The van der Waals surface area contributed by atoms with Gasteiger partial charge >= 0.3 is 17.9 Å². The molecular weight excluding hydrogens is 892 g/mol. The maximum Gasteiger partial charge on any atom is 0.344 e. The van der Waals surface area contributed by atoms with Crippen LogP contribution in [0.25, 0.3) is 0 Å². The van der Waals surface area contributed by atoms with Crippen LogP contribution < -0.4 is 31.4 Å². The number of aliphatic hydroxyl groups is 3. The second kappa shape index (κ2) is 40.3. The van der Waals surface area contributed by atoms with Gasteiger partial charge in [0.15, 0.2) is 18.5 Å². The number of benzene rings is 3. The average Bonchev–Trinajstić information content (AvgIpc) is 3.21. The molecule has 0 heterocycles. The molecule has 3 aromatic rings. The fourth-order valence-electron chi connectivity index (χ4n) is 3.58. The highest BCUT2D eigenvalue weighted by molar-refractivity contribution is 6.37. The van der Waals surface area contributed by atoms with E-state index in [1.807, 2.05) is 13.8 Å². The van der Waals surface area contributed by atoms with Gasteiger partial charge in [-0.05, 0) is 80.4 Å². The molecule has 61 heavy (non-hydrogen) atoms. The number of rotatable bonds is 20. The maximum absolute atomic E-state index is 10.7. The Morgan fingerprint density at radius 3 is 1.36 bits per heavy atom. The number of methoxy groups -OCH3 is 1. The van der Waals surface area contributed by atoms with Crippen molar-refractivity contribution in [2.75, 3.05) is 92.8 Å². The summed E-state index contributed by atoms with van der Waals surface area (Å²) >= 11 is 22.8. The van der Waals surface area contributed by atoms with Gasteiger partial charge in [0.1, 0.15) is 17.1 Å². The minimum atomic E-state index is -1.16. The van der Waals surface area contributed by atoms with Gasteiger partial charge in [-0.2, -0.15) is 0 Å². The van der Waals surface area contributed by atoms with E-state index in [1.165, 1.54) is 26.2 Å². The molecule has 22 heteroatoms. The van der Waals surface area contributed by atoms with Crippen molar-refractivity contribution < 1.29 is 73.4 Å². The lowest BCUT2D eigenvalue weighted by Gasteiger charge is -2.12. The van der Waals surface area contributed by atoms with Gasteiger partial charge in [0.05, 0.1) is 76.6 Å². The van der Waals surface area contributed by atoms with Crippen LogP contribution in [0.5, 0.6) is 17.2 Å². The van der Waals surface area contributed by atoms with Crippen LogP contribution in [0.4, 0.5) is 0 Å².